The SMILES string of the molecule is CCCCC(CC)CN(CC(CC)CCCC)c1cc(OCC)c[c]c1NC(=O)C(CC)CCCC. The Kier molecular flexibility index (Phi) is 17.4. The Morgan fingerprint density at radius 1 is 0.861 bits per heavy atom. The van der Waals surface area contributed by atoms with E-state index in [4.69, 9.17) is 4.74 Å². The Hall–Kier alpha value is -1.71. The van der Waals surface area contributed by atoms with Crippen molar-refractivity contribution in [3.63, 3.8) is 0 Å². The van der Waals surface area contributed by atoms with Gasteiger partial charge in [-0.3, -0.25) is 4.79 Å². The summed E-state index contributed by atoms with van der Waals surface area (Å²) in [5, 5.41) is 3.30. The summed E-state index contributed by atoms with van der Waals surface area (Å²) < 4.78 is 5.90. The molecule has 0 heterocycles. The van der Waals surface area contributed by atoms with Crippen LogP contribution in [-0.2, 0) is 4.79 Å². The van der Waals surface area contributed by atoms with Crippen molar-refractivity contribution in [2.45, 2.75) is 126 Å². The van der Waals surface area contributed by atoms with Crippen molar-refractivity contribution in [2.24, 2.45) is 17.8 Å². The molecule has 1 rings (SSSR count). The van der Waals surface area contributed by atoms with Gasteiger partial charge in [-0.1, -0.05) is 92.9 Å². The number of carbonyl (C=O) groups excluding carboxylic acids is 1. The minimum Gasteiger partial charge on any atom is -0.494 e. The van der Waals surface area contributed by atoms with Crippen LogP contribution in [0, 0.1) is 23.8 Å². The van der Waals surface area contributed by atoms with E-state index in [1.807, 2.05) is 13.0 Å². The number of carbonyl (C=O) groups is 1. The van der Waals surface area contributed by atoms with Gasteiger partial charge >= 0.3 is 0 Å². The number of nitrogens with zero attached hydrogens (tertiary/aromatic N) is 1. The maximum absolute atomic E-state index is 13.3. The van der Waals surface area contributed by atoms with E-state index in [2.05, 4.69) is 63.9 Å². The van der Waals surface area contributed by atoms with E-state index in [-0.39, 0.29) is 11.8 Å². The van der Waals surface area contributed by atoms with Gasteiger partial charge in [-0.2, -0.15) is 0 Å². The molecule has 3 atom stereocenters. The monoisotopic (exact) mass is 501 g/mol. The highest BCUT2D eigenvalue weighted by molar-refractivity contribution is 5.95. The van der Waals surface area contributed by atoms with Gasteiger partial charge in [0.25, 0.3) is 0 Å². The van der Waals surface area contributed by atoms with Crippen LogP contribution < -0.4 is 15.0 Å². The molecule has 3 unspecified atom stereocenters. The second-order valence-corrected chi connectivity index (χ2v) is 10.5. The zero-order valence-electron chi connectivity index (χ0n) is 24.8. The fourth-order valence-corrected chi connectivity index (χ4v) is 4.99. The molecule has 207 valence electrons. The summed E-state index contributed by atoms with van der Waals surface area (Å²) in [7, 11) is 0. The molecule has 0 saturated carbocycles. The van der Waals surface area contributed by atoms with Crippen LogP contribution in [-0.4, -0.2) is 25.6 Å². The van der Waals surface area contributed by atoms with Crippen molar-refractivity contribution in [1.82, 2.24) is 0 Å². The summed E-state index contributed by atoms with van der Waals surface area (Å²) in [5.74, 6) is 2.29. The molecular weight excluding hydrogens is 444 g/mol. The topological polar surface area (TPSA) is 41.6 Å². The number of nitrogens with one attached hydrogen (secondary N) is 1. The zero-order chi connectivity index (χ0) is 26.8. The first-order chi connectivity index (χ1) is 17.5. The first kappa shape index (κ1) is 32.3. The number of anilines is 2. The Morgan fingerprint density at radius 3 is 1.89 bits per heavy atom. The summed E-state index contributed by atoms with van der Waals surface area (Å²) in [6, 6.07) is 7.43. The van der Waals surface area contributed by atoms with Crippen LogP contribution in [0.1, 0.15) is 126 Å². The van der Waals surface area contributed by atoms with Crippen molar-refractivity contribution in [3.8, 4) is 5.75 Å². The molecule has 0 spiro atoms. The van der Waals surface area contributed by atoms with Crippen molar-refractivity contribution >= 4 is 17.3 Å². The molecule has 0 aliphatic heterocycles. The van der Waals surface area contributed by atoms with E-state index in [1.165, 1.54) is 51.4 Å². The van der Waals surface area contributed by atoms with Gasteiger partial charge in [0.1, 0.15) is 5.75 Å². The van der Waals surface area contributed by atoms with E-state index < -0.39 is 0 Å². The number of rotatable bonds is 21. The molecule has 0 fully saturated rings. The summed E-state index contributed by atoms with van der Waals surface area (Å²) in [6.07, 6.45) is 13.9. The minimum absolute atomic E-state index is 0.0482. The van der Waals surface area contributed by atoms with Gasteiger partial charge < -0.3 is 15.0 Å². The summed E-state index contributed by atoms with van der Waals surface area (Å²) in [6.45, 7) is 18.2. The number of benzene rings is 1. The largest absolute Gasteiger partial charge is 0.494 e. The molecule has 1 aromatic carbocycles. The maximum atomic E-state index is 13.3. The van der Waals surface area contributed by atoms with E-state index in [9.17, 15) is 4.79 Å². The van der Waals surface area contributed by atoms with Gasteiger partial charge in [0.15, 0.2) is 0 Å². The van der Waals surface area contributed by atoms with Crippen LogP contribution in [0.25, 0.3) is 0 Å². The summed E-state index contributed by atoms with van der Waals surface area (Å²) in [4.78, 5) is 15.8. The molecule has 0 aliphatic rings. The molecule has 0 saturated heterocycles. The van der Waals surface area contributed by atoms with Gasteiger partial charge in [0, 0.05) is 31.1 Å². The predicted molar refractivity (Wildman–Crippen MR) is 157 cm³/mol. The summed E-state index contributed by atoms with van der Waals surface area (Å²) in [5.41, 5.74) is 1.89. The molecule has 1 radical (unpaired) electrons. The number of amides is 1. The van der Waals surface area contributed by atoms with Crippen molar-refractivity contribution in [2.75, 3.05) is 29.9 Å². The number of ether oxygens (including phenoxy) is 1. The van der Waals surface area contributed by atoms with Crippen molar-refractivity contribution < 1.29 is 9.53 Å². The second kappa shape index (κ2) is 19.4. The maximum Gasteiger partial charge on any atom is 0.227 e. The Balaban J connectivity index is 3.38. The minimum atomic E-state index is 0.0482. The van der Waals surface area contributed by atoms with Crippen LogP contribution in [0.15, 0.2) is 12.1 Å². The molecule has 0 aliphatic carbocycles. The first-order valence-electron chi connectivity index (χ1n) is 15.2. The number of unbranched alkanes of at least 4 members (excludes halogenated alkanes) is 3. The second-order valence-electron chi connectivity index (χ2n) is 10.5. The molecule has 4 heteroatoms. The molecule has 0 bridgehead atoms. The van der Waals surface area contributed by atoms with Crippen LogP contribution in [0.3, 0.4) is 0 Å². The van der Waals surface area contributed by atoms with Crippen molar-refractivity contribution in [3.05, 3.63) is 18.2 Å². The number of hydrogen-bond donors (Lipinski definition) is 1. The van der Waals surface area contributed by atoms with Crippen LogP contribution in [0.4, 0.5) is 11.4 Å². The van der Waals surface area contributed by atoms with Gasteiger partial charge in [0.2, 0.25) is 5.91 Å². The zero-order valence-corrected chi connectivity index (χ0v) is 24.8. The van der Waals surface area contributed by atoms with Crippen molar-refractivity contribution in [1.29, 1.82) is 0 Å². The third kappa shape index (κ3) is 11.6. The lowest BCUT2D eigenvalue weighted by Gasteiger charge is -2.34. The highest BCUT2D eigenvalue weighted by Crippen LogP contribution is 2.34. The molecule has 36 heavy (non-hydrogen) atoms. The average Bonchev–Trinajstić information content (AvgIpc) is 2.89. The van der Waals surface area contributed by atoms with Gasteiger partial charge in [-0.15, -0.1) is 0 Å². The quantitative estimate of drug-likeness (QED) is 0.182. The van der Waals surface area contributed by atoms with Crippen LogP contribution in [0.5, 0.6) is 5.75 Å². The van der Waals surface area contributed by atoms with Crippen LogP contribution >= 0.6 is 0 Å². The fourth-order valence-electron chi connectivity index (χ4n) is 4.99. The van der Waals surface area contributed by atoms with E-state index >= 15 is 0 Å². The molecule has 1 amide bonds. The normalized spacial score (nSPS) is 13.8. The lowest BCUT2D eigenvalue weighted by atomic mass is 9.95. The molecule has 4 nitrogen and oxygen atoms in total. The summed E-state index contributed by atoms with van der Waals surface area (Å²) >= 11 is 0. The Morgan fingerprint density at radius 2 is 1.42 bits per heavy atom. The third-order valence-electron chi connectivity index (χ3n) is 7.61. The molecule has 1 N–H and O–H groups in total. The Bertz CT molecular complexity index is 687. The van der Waals surface area contributed by atoms with Crippen LogP contribution in [0.2, 0.25) is 0 Å². The lowest BCUT2D eigenvalue weighted by Crippen LogP contribution is -2.35. The first-order valence-corrected chi connectivity index (χ1v) is 15.2. The lowest BCUT2D eigenvalue weighted by molar-refractivity contribution is -0.120. The van der Waals surface area contributed by atoms with Gasteiger partial charge in [-0.25, -0.2) is 0 Å². The van der Waals surface area contributed by atoms with E-state index in [1.54, 1.807) is 0 Å². The van der Waals surface area contributed by atoms with Gasteiger partial charge in [-0.05, 0) is 50.5 Å². The number of hydrogen-bond acceptors (Lipinski definition) is 3. The standard InChI is InChI=1S/C32H57N2O2/c1-8-15-18-26(11-4)24-34(25-27(12-5)19-16-9-2)31-23-29(36-14-7)21-22-30(31)33-32(35)28(13-6)20-17-10-3/h21,23,26-28H,8-20,24-25H2,1-7H3,(H,33,35). The molecular formula is C32H57N2O2. The van der Waals surface area contributed by atoms with Gasteiger partial charge in [0.05, 0.1) is 18.0 Å². The molecule has 0 aromatic heterocycles. The smallest absolute Gasteiger partial charge is 0.227 e. The molecule has 1 aromatic rings. The fraction of sp³-hybridized carbons (Fsp3) is 0.781. The average molecular weight is 502 g/mol. The highest BCUT2D eigenvalue weighted by Gasteiger charge is 2.23. The van der Waals surface area contributed by atoms with E-state index in [0.717, 1.165) is 55.9 Å². The predicted octanol–water partition coefficient (Wildman–Crippen LogP) is 9.28. The Labute approximate surface area is 224 Å². The highest BCUT2D eigenvalue weighted by atomic mass is 16.5. The third-order valence-corrected chi connectivity index (χ3v) is 7.61. The van der Waals surface area contributed by atoms with E-state index in [0.29, 0.717) is 18.4 Å².